The fraction of sp³-hybridized carbons (Fsp3) is 0.222. The number of nitro groups is 1. The van der Waals surface area contributed by atoms with Crippen LogP contribution < -0.4 is 0 Å². The summed E-state index contributed by atoms with van der Waals surface area (Å²) in [6.45, 7) is 4.19. The summed E-state index contributed by atoms with van der Waals surface area (Å²) in [5, 5.41) is 10.8. The van der Waals surface area contributed by atoms with Crippen molar-refractivity contribution in [2.24, 2.45) is 4.36 Å². The first-order valence-corrected chi connectivity index (χ1v) is 10.9. The van der Waals surface area contributed by atoms with E-state index in [-0.39, 0.29) is 17.1 Å². The van der Waals surface area contributed by atoms with Crippen LogP contribution in [0.4, 0.5) is 11.4 Å². The molecule has 0 aromatic heterocycles. The summed E-state index contributed by atoms with van der Waals surface area (Å²) in [7, 11) is -4.63. The highest BCUT2D eigenvalue weighted by molar-refractivity contribution is 8.02. The molecule has 27 heavy (non-hydrogen) atoms. The second-order valence-corrected chi connectivity index (χ2v) is 9.87. The number of sulfonamides is 1. The Kier molecular flexibility index (Phi) is 5.54. The Hall–Kier alpha value is -2.36. The summed E-state index contributed by atoms with van der Waals surface area (Å²) < 4.78 is 32.3. The molecule has 0 aliphatic carbocycles. The van der Waals surface area contributed by atoms with Gasteiger partial charge in [-0.05, 0) is 49.0 Å². The van der Waals surface area contributed by atoms with Gasteiger partial charge in [0.15, 0.2) is 0 Å². The summed E-state index contributed by atoms with van der Waals surface area (Å²) in [4.78, 5) is 10.6. The van der Waals surface area contributed by atoms with E-state index in [4.69, 9.17) is 0 Å². The SMILES string of the molecule is CC1=C(C)C[S@@](=Nc2ccc([N+](=O)[O-])cc2)N(S(=O)(=O)c2ccccc2)C1. The molecule has 0 saturated heterocycles. The maximum atomic E-state index is 13.1. The Balaban J connectivity index is 2.04. The third-order valence-electron chi connectivity index (χ3n) is 4.26. The number of hydrogen-bond donors (Lipinski definition) is 0. The molecule has 1 aliphatic rings. The van der Waals surface area contributed by atoms with Gasteiger partial charge in [0.2, 0.25) is 0 Å². The molecule has 0 saturated carbocycles. The quantitative estimate of drug-likeness (QED) is 0.437. The fourth-order valence-corrected chi connectivity index (χ4v) is 6.70. The van der Waals surface area contributed by atoms with Crippen LogP contribution in [-0.4, -0.2) is 29.3 Å². The lowest BCUT2D eigenvalue weighted by Crippen LogP contribution is -2.38. The van der Waals surface area contributed by atoms with E-state index >= 15 is 0 Å². The lowest BCUT2D eigenvalue weighted by atomic mass is 10.2. The van der Waals surface area contributed by atoms with Crippen LogP contribution in [-0.2, 0) is 20.9 Å². The van der Waals surface area contributed by atoms with Crippen LogP contribution >= 0.6 is 0 Å². The molecular weight excluding hydrogens is 386 g/mol. The zero-order valence-corrected chi connectivity index (χ0v) is 16.5. The molecule has 1 atom stereocenters. The summed E-state index contributed by atoms with van der Waals surface area (Å²) in [5.74, 6) is 0.509. The van der Waals surface area contributed by atoms with E-state index in [0.717, 1.165) is 11.1 Å². The maximum Gasteiger partial charge on any atom is 0.269 e. The molecule has 0 amide bonds. The van der Waals surface area contributed by atoms with Gasteiger partial charge in [0.05, 0.1) is 15.5 Å². The van der Waals surface area contributed by atoms with Crippen molar-refractivity contribution in [3.63, 3.8) is 0 Å². The average Bonchev–Trinajstić information content (AvgIpc) is 2.65. The number of nitrogens with zero attached hydrogens (tertiary/aromatic N) is 3. The Morgan fingerprint density at radius 1 is 1.04 bits per heavy atom. The monoisotopic (exact) mass is 405 g/mol. The minimum atomic E-state index is -3.70. The molecule has 0 spiro atoms. The van der Waals surface area contributed by atoms with Crippen LogP contribution in [0.3, 0.4) is 0 Å². The molecule has 3 rings (SSSR count). The summed E-state index contributed by atoms with van der Waals surface area (Å²) in [6.07, 6.45) is 0. The van der Waals surface area contributed by atoms with Crippen LogP contribution in [0.15, 0.2) is 75.0 Å². The second-order valence-electron chi connectivity index (χ2n) is 6.19. The predicted octanol–water partition coefficient (Wildman–Crippen LogP) is 3.98. The van der Waals surface area contributed by atoms with Crippen molar-refractivity contribution in [1.82, 2.24) is 3.71 Å². The van der Waals surface area contributed by atoms with Crippen molar-refractivity contribution < 1.29 is 13.3 Å². The van der Waals surface area contributed by atoms with Crippen molar-refractivity contribution in [3.05, 3.63) is 75.9 Å². The van der Waals surface area contributed by atoms with Crippen LogP contribution in [0, 0.1) is 10.1 Å². The molecular formula is C18H19N3O4S2. The molecule has 0 radical (unpaired) electrons. The Morgan fingerprint density at radius 2 is 1.67 bits per heavy atom. The lowest BCUT2D eigenvalue weighted by molar-refractivity contribution is -0.384. The first-order valence-electron chi connectivity index (χ1n) is 8.19. The third-order valence-corrected chi connectivity index (χ3v) is 8.61. The zero-order valence-electron chi connectivity index (χ0n) is 14.9. The van der Waals surface area contributed by atoms with E-state index in [2.05, 4.69) is 4.36 Å². The van der Waals surface area contributed by atoms with E-state index in [1.54, 1.807) is 42.5 Å². The molecule has 1 aliphatic heterocycles. The average molecular weight is 406 g/mol. The van der Waals surface area contributed by atoms with Crippen molar-refractivity contribution in [2.45, 2.75) is 18.7 Å². The minimum absolute atomic E-state index is 0.0263. The van der Waals surface area contributed by atoms with Crippen LogP contribution in [0.5, 0.6) is 0 Å². The van der Waals surface area contributed by atoms with Gasteiger partial charge in [0, 0.05) is 24.4 Å². The summed E-state index contributed by atoms with van der Waals surface area (Å²) in [5.41, 5.74) is 2.62. The number of hydrogen-bond acceptors (Lipinski definition) is 5. The molecule has 0 unspecified atom stereocenters. The topological polar surface area (TPSA) is 92.9 Å². The molecule has 7 nitrogen and oxygen atoms in total. The van der Waals surface area contributed by atoms with E-state index in [1.807, 2.05) is 13.8 Å². The fourth-order valence-electron chi connectivity index (χ4n) is 2.53. The van der Waals surface area contributed by atoms with Gasteiger partial charge in [-0.2, -0.15) is 0 Å². The number of rotatable bonds is 4. The minimum Gasteiger partial charge on any atom is -0.258 e. The summed E-state index contributed by atoms with van der Waals surface area (Å²) in [6, 6.07) is 14.1. The van der Waals surface area contributed by atoms with E-state index < -0.39 is 25.8 Å². The Labute approximate surface area is 160 Å². The summed E-state index contributed by atoms with van der Waals surface area (Å²) >= 11 is 0. The van der Waals surface area contributed by atoms with Crippen molar-refractivity contribution in [1.29, 1.82) is 0 Å². The van der Waals surface area contributed by atoms with Crippen LogP contribution in [0.2, 0.25) is 0 Å². The Bertz CT molecular complexity index is 1030. The van der Waals surface area contributed by atoms with Crippen molar-refractivity contribution in [3.8, 4) is 0 Å². The number of nitro benzene ring substituents is 1. The van der Waals surface area contributed by atoms with E-state index in [9.17, 15) is 18.5 Å². The molecule has 2 aromatic carbocycles. The highest BCUT2D eigenvalue weighted by Crippen LogP contribution is 2.28. The first-order chi connectivity index (χ1) is 12.8. The normalized spacial score (nSPS) is 18.7. The molecule has 0 fully saturated rings. The Morgan fingerprint density at radius 3 is 2.26 bits per heavy atom. The van der Waals surface area contributed by atoms with Gasteiger partial charge in [-0.15, -0.1) is 3.71 Å². The third kappa shape index (κ3) is 4.15. The highest BCUT2D eigenvalue weighted by Gasteiger charge is 2.31. The van der Waals surface area contributed by atoms with Gasteiger partial charge >= 0.3 is 0 Å². The molecule has 0 bridgehead atoms. The van der Waals surface area contributed by atoms with Crippen LogP contribution in [0.1, 0.15) is 13.8 Å². The number of benzene rings is 2. The van der Waals surface area contributed by atoms with Gasteiger partial charge in [0.1, 0.15) is 0 Å². The number of non-ortho nitro benzene ring substituents is 1. The van der Waals surface area contributed by atoms with Gasteiger partial charge in [-0.3, -0.25) is 10.1 Å². The molecule has 9 heteroatoms. The standard InChI is InChI=1S/C18H19N3O4S2/c1-14-12-20(27(24,25)18-6-4-3-5-7-18)26(13-15(14)2)19-16-8-10-17(11-9-16)21(22)23/h3-11H,12-13H2,1-2H3/t26-/m0/s1. The smallest absolute Gasteiger partial charge is 0.258 e. The van der Waals surface area contributed by atoms with Gasteiger partial charge in [-0.25, -0.2) is 12.8 Å². The van der Waals surface area contributed by atoms with E-state index in [0.29, 0.717) is 11.4 Å². The predicted molar refractivity (Wildman–Crippen MR) is 106 cm³/mol. The molecule has 142 valence electrons. The van der Waals surface area contributed by atoms with Gasteiger partial charge < -0.3 is 0 Å². The zero-order chi connectivity index (χ0) is 19.6. The molecule has 1 heterocycles. The highest BCUT2D eigenvalue weighted by atomic mass is 32.3. The van der Waals surface area contributed by atoms with Gasteiger partial charge in [-0.1, -0.05) is 29.3 Å². The molecule has 2 aromatic rings. The second kappa shape index (κ2) is 7.71. The largest absolute Gasteiger partial charge is 0.269 e. The lowest BCUT2D eigenvalue weighted by Gasteiger charge is -2.30. The van der Waals surface area contributed by atoms with Crippen molar-refractivity contribution in [2.75, 3.05) is 12.3 Å². The van der Waals surface area contributed by atoms with Crippen LogP contribution in [0.25, 0.3) is 0 Å². The van der Waals surface area contributed by atoms with Gasteiger partial charge in [0.25, 0.3) is 15.7 Å². The maximum absolute atomic E-state index is 13.1. The van der Waals surface area contributed by atoms with Crippen molar-refractivity contribution >= 4 is 32.3 Å². The molecule has 0 N–H and O–H groups in total. The van der Waals surface area contributed by atoms with E-state index in [1.165, 1.54) is 15.8 Å². The first kappa shape index (κ1) is 19.4.